The van der Waals surface area contributed by atoms with Crippen molar-refractivity contribution in [3.8, 4) is 0 Å². The van der Waals surface area contributed by atoms with E-state index in [2.05, 4.69) is 30.7 Å². The molecule has 0 aromatic carbocycles. The summed E-state index contributed by atoms with van der Waals surface area (Å²) in [6.45, 7) is 8.49. The van der Waals surface area contributed by atoms with Gasteiger partial charge in [-0.2, -0.15) is 0 Å². The highest BCUT2D eigenvalue weighted by Gasteiger charge is 2.24. The molecule has 20 heavy (non-hydrogen) atoms. The summed E-state index contributed by atoms with van der Waals surface area (Å²) in [5.74, 6) is -1.39. The number of hydrogen-bond donors (Lipinski definition) is 1. The number of aromatic nitrogens is 1. The molecule has 0 saturated carbocycles. The zero-order valence-electron chi connectivity index (χ0n) is 12.5. The first kappa shape index (κ1) is 16.6. The normalized spacial score (nSPS) is 12.2. The molecular weight excluding hydrogens is 276 g/mol. The second-order valence-corrected chi connectivity index (χ2v) is 5.82. The highest BCUT2D eigenvalue weighted by Crippen LogP contribution is 2.29. The zero-order valence-corrected chi connectivity index (χ0v) is 13.3. The minimum atomic E-state index is -1.14. The molecule has 0 aliphatic heterocycles. The Balaban J connectivity index is 3.16. The van der Waals surface area contributed by atoms with Gasteiger partial charge in [-0.25, -0.2) is 9.78 Å². The van der Waals surface area contributed by atoms with E-state index in [1.54, 1.807) is 0 Å². The first-order valence-corrected chi connectivity index (χ1v) is 7.75. The van der Waals surface area contributed by atoms with Crippen molar-refractivity contribution in [3.05, 3.63) is 10.6 Å². The van der Waals surface area contributed by atoms with Crippen LogP contribution in [-0.4, -0.2) is 34.4 Å². The quantitative estimate of drug-likeness (QED) is 0.744. The Morgan fingerprint density at radius 2 is 2.05 bits per heavy atom. The molecular formula is C14H22N2O3S. The van der Waals surface area contributed by atoms with E-state index in [0.717, 1.165) is 25.8 Å². The second-order valence-electron chi connectivity index (χ2n) is 4.84. The summed E-state index contributed by atoms with van der Waals surface area (Å²) in [4.78, 5) is 29.3. The van der Waals surface area contributed by atoms with Gasteiger partial charge in [0.05, 0.1) is 0 Å². The maximum Gasteiger partial charge on any atom is 0.356 e. The molecule has 1 unspecified atom stereocenters. The first-order valence-electron chi connectivity index (χ1n) is 6.94. The third kappa shape index (κ3) is 3.79. The number of ketones is 1. The number of rotatable bonds is 8. The van der Waals surface area contributed by atoms with Gasteiger partial charge in [0.15, 0.2) is 16.6 Å². The Kier molecular flexibility index (Phi) is 6.13. The Labute approximate surface area is 123 Å². The van der Waals surface area contributed by atoms with E-state index >= 15 is 0 Å². The average Bonchev–Trinajstić information content (AvgIpc) is 2.84. The largest absolute Gasteiger partial charge is 0.476 e. The molecule has 1 rings (SSSR count). The van der Waals surface area contributed by atoms with Gasteiger partial charge in [0.1, 0.15) is 4.88 Å². The van der Waals surface area contributed by atoms with Gasteiger partial charge in [-0.1, -0.05) is 31.6 Å². The molecule has 1 atom stereocenters. The maximum atomic E-state index is 11.5. The van der Waals surface area contributed by atoms with E-state index in [1.165, 1.54) is 18.3 Å². The topological polar surface area (TPSA) is 70.5 Å². The van der Waals surface area contributed by atoms with Crippen molar-refractivity contribution in [2.75, 3.05) is 11.4 Å². The molecule has 0 aliphatic rings. The first-order chi connectivity index (χ1) is 9.42. The summed E-state index contributed by atoms with van der Waals surface area (Å²) in [5, 5.41) is 9.79. The number of aromatic carboxylic acids is 1. The van der Waals surface area contributed by atoms with Crippen molar-refractivity contribution in [2.24, 2.45) is 0 Å². The van der Waals surface area contributed by atoms with E-state index < -0.39 is 5.97 Å². The summed E-state index contributed by atoms with van der Waals surface area (Å²) in [5.41, 5.74) is -0.123. The van der Waals surface area contributed by atoms with E-state index in [4.69, 9.17) is 5.11 Å². The minimum Gasteiger partial charge on any atom is -0.476 e. The number of Topliss-reactive ketones (excluding diaryl/α,β-unsaturated/α-hetero) is 1. The van der Waals surface area contributed by atoms with Crippen LogP contribution in [0.3, 0.4) is 0 Å². The lowest BCUT2D eigenvalue weighted by molar-refractivity contribution is 0.0687. The summed E-state index contributed by atoms with van der Waals surface area (Å²) in [6.07, 6.45) is 3.02. The van der Waals surface area contributed by atoms with Gasteiger partial charge in [0, 0.05) is 19.5 Å². The molecule has 1 aromatic rings. The number of carbonyl (C=O) groups is 2. The third-order valence-electron chi connectivity index (χ3n) is 3.26. The summed E-state index contributed by atoms with van der Waals surface area (Å²) in [6, 6.07) is 0.272. The van der Waals surface area contributed by atoms with Crippen molar-refractivity contribution in [1.29, 1.82) is 0 Å². The predicted octanol–water partition coefficient (Wildman–Crippen LogP) is 3.45. The van der Waals surface area contributed by atoms with Gasteiger partial charge in [0.25, 0.3) is 0 Å². The number of nitrogens with zero attached hydrogens (tertiary/aromatic N) is 2. The molecule has 0 spiro atoms. The van der Waals surface area contributed by atoms with Gasteiger partial charge in [-0.15, -0.1) is 0 Å². The lowest BCUT2D eigenvalue weighted by Gasteiger charge is -2.27. The zero-order chi connectivity index (χ0) is 15.3. The summed E-state index contributed by atoms with van der Waals surface area (Å²) in [7, 11) is 0. The highest BCUT2D eigenvalue weighted by atomic mass is 32.1. The SMILES string of the molecule is CCCCN(c1nc(C(=O)O)c(C(C)=O)s1)C(C)CC. The van der Waals surface area contributed by atoms with E-state index in [1.807, 2.05) is 0 Å². The van der Waals surface area contributed by atoms with Gasteiger partial charge >= 0.3 is 5.97 Å². The molecule has 6 heteroatoms. The van der Waals surface area contributed by atoms with Crippen LogP contribution in [0.1, 0.15) is 67.1 Å². The van der Waals surface area contributed by atoms with Crippen molar-refractivity contribution in [2.45, 2.75) is 53.0 Å². The van der Waals surface area contributed by atoms with Crippen LogP contribution < -0.4 is 4.90 Å². The number of thiazole rings is 1. The number of carbonyl (C=O) groups excluding carboxylic acids is 1. The van der Waals surface area contributed by atoms with Crippen molar-refractivity contribution in [3.63, 3.8) is 0 Å². The van der Waals surface area contributed by atoms with Crippen LogP contribution in [0.25, 0.3) is 0 Å². The van der Waals surface area contributed by atoms with Gasteiger partial charge in [-0.3, -0.25) is 4.79 Å². The number of carboxylic acid groups (broad SMARTS) is 1. The molecule has 0 saturated heterocycles. The summed E-state index contributed by atoms with van der Waals surface area (Å²) >= 11 is 1.18. The maximum absolute atomic E-state index is 11.5. The molecule has 0 aliphatic carbocycles. The van der Waals surface area contributed by atoms with Gasteiger partial charge < -0.3 is 10.0 Å². The second kappa shape index (κ2) is 7.38. The van der Waals surface area contributed by atoms with Crippen LogP contribution in [0.15, 0.2) is 0 Å². The van der Waals surface area contributed by atoms with Crippen LogP contribution in [-0.2, 0) is 0 Å². The Morgan fingerprint density at radius 1 is 1.40 bits per heavy atom. The molecule has 0 bridgehead atoms. The molecule has 1 aromatic heterocycles. The fraction of sp³-hybridized carbons (Fsp3) is 0.643. The van der Waals surface area contributed by atoms with Gasteiger partial charge in [-0.05, 0) is 19.8 Å². The minimum absolute atomic E-state index is 0.123. The van der Waals surface area contributed by atoms with Crippen LogP contribution in [0.2, 0.25) is 0 Å². The smallest absolute Gasteiger partial charge is 0.356 e. The Bertz CT molecular complexity index is 453. The lowest BCUT2D eigenvalue weighted by Crippen LogP contribution is -2.33. The predicted molar refractivity (Wildman–Crippen MR) is 81.1 cm³/mol. The third-order valence-corrected chi connectivity index (χ3v) is 4.45. The monoisotopic (exact) mass is 298 g/mol. The Hall–Kier alpha value is -1.43. The molecule has 1 heterocycles. The standard InChI is InChI=1S/C14H22N2O3S/c1-5-7-8-16(9(3)6-2)14-15-11(13(18)19)12(20-14)10(4)17/h9H,5-8H2,1-4H3,(H,18,19). The van der Waals surface area contributed by atoms with Crippen LogP contribution in [0, 0.1) is 0 Å². The number of anilines is 1. The number of hydrogen-bond acceptors (Lipinski definition) is 5. The highest BCUT2D eigenvalue weighted by molar-refractivity contribution is 7.17. The number of unbranched alkanes of at least 4 members (excludes halogenated alkanes) is 1. The van der Waals surface area contributed by atoms with E-state index in [0.29, 0.717) is 5.13 Å². The van der Waals surface area contributed by atoms with E-state index in [-0.39, 0.29) is 22.4 Å². The molecule has 1 N–H and O–H groups in total. The fourth-order valence-electron chi connectivity index (χ4n) is 1.87. The van der Waals surface area contributed by atoms with Crippen LogP contribution in [0.5, 0.6) is 0 Å². The summed E-state index contributed by atoms with van der Waals surface area (Å²) < 4.78 is 0. The van der Waals surface area contributed by atoms with Crippen LogP contribution >= 0.6 is 11.3 Å². The fourth-order valence-corrected chi connectivity index (χ4v) is 2.95. The van der Waals surface area contributed by atoms with Crippen LogP contribution in [0.4, 0.5) is 5.13 Å². The molecule has 5 nitrogen and oxygen atoms in total. The molecule has 0 fully saturated rings. The van der Waals surface area contributed by atoms with Crippen molar-refractivity contribution >= 4 is 28.2 Å². The average molecular weight is 298 g/mol. The molecule has 0 radical (unpaired) electrons. The van der Waals surface area contributed by atoms with Gasteiger partial charge in [0.2, 0.25) is 0 Å². The number of carboxylic acids is 1. The lowest BCUT2D eigenvalue weighted by atomic mass is 10.2. The molecule has 112 valence electrons. The van der Waals surface area contributed by atoms with Crippen molar-refractivity contribution in [1.82, 2.24) is 4.98 Å². The molecule has 0 amide bonds. The van der Waals surface area contributed by atoms with E-state index in [9.17, 15) is 9.59 Å². The Morgan fingerprint density at radius 3 is 2.45 bits per heavy atom. The van der Waals surface area contributed by atoms with Crippen molar-refractivity contribution < 1.29 is 14.7 Å².